The summed E-state index contributed by atoms with van der Waals surface area (Å²) in [5.74, 6) is -0.405. The van der Waals surface area contributed by atoms with Crippen molar-refractivity contribution in [2.24, 2.45) is 5.41 Å². The fraction of sp³-hybridized carbons (Fsp3) is 0.542. The highest BCUT2D eigenvalue weighted by atomic mass is 16.5. The van der Waals surface area contributed by atoms with Gasteiger partial charge < -0.3 is 4.74 Å². The number of hydrogen-bond acceptors (Lipinski definition) is 4. The molecule has 0 unspecified atom stereocenters. The van der Waals surface area contributed by atoms with E-state index in [9.17, 15) is 4.79 Å². The molecule has 152 valence electrons. The zero-order valence-electron chi connectivity index (χ0n) is 18.0. The molecule has 0 spiro atoms. The summed E-state index contributed by atoms with van der Waals surface area (Å²) >= 11 is 0. The highest BCUT2D eigenvalue weighted by Gasteiger charge is 2.26. The molecule has 0 saturated heterocycles. The highest BCUT2D eigenvalue weighted by Crippen LogP contribution is 2.40. The number of nitrogens with zero attached hydrogens (tertiary/aromatic N) is 2. The van der Waals surface area contributed by atoms with E-state index in [1.54, 1.807) is 6.20 Å². The van der Waals surface area contributed by atoms with Crippen LogP contribution in [0.15, 0.2) is 41.3 Å². The first-order valence-electron chi connectivity index (χ1n) is 10.4. The van der Waals surface area contributed by atoms with Gasteiger partial charge in [-0.25, -0.2) is 9.78 Å². The van der Waals surface area contributed by atoms with Crippen LogP contribution in [-0.2, 0) is 4.74 Å². The van der Waals surface area contributed by atoms with Gasteiger partial charge in [-0.3, -0.25) is 4.98 Å². The number of ether oxygens (including phenoxy) is 1. The smallest absolute Gasteiger partial charge is 0.358 e. The van der Waals surface area contributed by atoms with E-state index in [1.165, 1.54) is 36.6 Å². The van der Waals surface area contributed by atoms with Gasteiger partial charge in [-0.2, -0.15) is 0 Å². The molecule has 1 aromatic rings. The molecule has 0 fully saturated rings. The topological polar surface area (TPSA) is 52.1 Å². The predicted molar refractivity (Wildman–Crippen MR) is 115 cm³/mol. The van der Waals surface area contributed by atoms with E-state index < -0.39 is 5.97 Å². The summed E-state index contributed by atoms with van der Waals surface area (Å²) < 4.78 is 5.21. The third kappa shape index (κ3) is 6.43. The minimum atomic E-state index is -0.405. The van der Waals surface area contributed by atoms with Gasteiger partial charge in [0.2, 0.25) is 0 Å². The summed E-state index contributed by atoms with van der Waals surface area (Å²) in [5, 5.41) is 0. The molecule has 28 heavy (non-hydrogen) atoms. The second kappa shape index (κ2) is 10.4. The van der Waals surface area contributed by atoms with Crippen LogP contribution in [0.3, 0.4) is 0 Å². The average Bonchev–Trinajstić information content (AvgIpc) is 2.64. The van der Waals surface area contributed by atoms with Gasteiger partial charge in [-0.05, 0) is 62.2 Å². The van der Waals surface area contributed by atoms with Crippen LogP contribution in [0.4, 0.5) is 0 Å². The lowest BCUT2D eigenvalue weighted by Gasteiger charge is -2.32. The summed E-state index contributed by atoms with van der Waals surface area (Å²) in [6.07, 6.45) is 16.2. The summed E-state index contributed by atoms with van der Waals surface area (Å²) in [7, 11) is 0. The maximum Gasteiger partial charge on any atom is 0.358 e. The van der Waals surface area contributed by atoms with E-state index in [4.69, 9.17) is 4.74 Å². The molecule has 0 aromatic carbocycles. The normalized spacial score (nSPS) is 17.2. The van der Waals surface area contributed by atoms with Gasteiger partial charge in [0.05, 0.1) is 24.7 Å². The van der Waals surface area contributed by atoms with Crippen molar-refractivity contribution in [2.75, 3.05) is 6.61 Å². The SMILES string of the molecule is CCCCCOC(=O)c1cnc(/C=C(C)/C=C/C2=C(C)CCCC2(C)C)cn1. The van der Waals surface area contributed by atoms with Crippen molar-refractivity contribution in [1.82, 2.24) is 9.97 Å². The van der Waals surface area contributed by atoms with Crippen LogP contribution in [0, 0.1) is 5.41 Å². The number of carbonyl (C=O) groups is 1. The Hall–Kier alpha value is -2.23. The number of aromatic nitrogens is 2. The van der Waals surface area contributed by atoms with Gasteiger partial charge in [0.25, 0.3) is 0 Å². The fourth-order valence-electron chi connectivity index (χ4n) is 3.62. The zero-order valence-corrected chi connectivity index (χ0v) is 18.0. The van der Waals surface area contributed by atoms with Crippen LogP contribution in [-0.4, -0.2) is 22.5 Å². The average molecular weight is 383 g/mol. The molecule has 0 bridgehead atoms. The van der Waals surface area contributed by atoms with Crippen molar-refractivity contribution in [3.63, 3.8) is 0 Å². The van der Waals surface area contributed by atoms with Gasteiger partial charge in [-0.1, -0.05) is 51.3 Å². The Morgan fingerprint density at radius 1 is 1.25 bits per heavy atom. The lowest BCUT2D eigenvalue weighted by Crippen LogP contribution is -2.19. The van der Waals surface area contributed by atoms with Crippen LogP contribution in [0.5, 0.6) is 0 Å². The molecular formula is C24H34N2O2. The molecule has 1 aliphatic rings. The summed E-state index contributed by atoms with van der Waals surface area (Å²) in [4.78, 5) is 20.5. The monoisotopic (exact) mass is 382 g/mol. The fourth-order valence-corrected chi connectivity index (χ4v) is 3.62. The third-order valence-corrected chi connectivity index (χ3v) is 5.29. The van der Waals surface area contributed by atoms with Crippen molar-refractivity contribution in [2.45, 2.75) is 73.1 Å². The lowest BCUT2D eigenvalue weighted by molar-refractivity contribution is 0.0490. The quantitative estimate of drug-likeness (QED) is 0.300. The van der Waals surface area contributed by atoms with E-state index in [1.807, 2.05) is 6.08 Å². The second-order valence-electron chi connectivity index (χ2n) is 8.32. The van der Waals surface area contributed by atoms with Gasteiger partial charge in [0, 0.05) is 0 Å². The van der Waals surface area contributed by atoms with Crippen LogP contribution < -0.4 is 0 Å². The zero-order chi connectivity index (χ0) is 20.6. The Morgan fingerprint density at radius 2 is 2.04 bits per heavy atom. The third-order valence-electron chi connectivity index (χ3n) is 5.29. The predicted octanol–water partition coefficient (Wildman–Crippen LogP) is 6.31. The van der Waals surface area contributed by atoms with Crippen molar-refractivity contribution in [3.8, 4) is 0 Å². The van der Waals surface area contributed by atoms with Crippen LogP contribution in [0.2, 0.25) is 0 Å². The maximum absolute atomic E-state index is 12.0. The van der Waals surface area contributed by atoms with E-state index in [-0.39, 0.29) is 11.1 Å². The molecule has 0 N–H and O–H groups in total. The van der Waals surface area contributed by atoms with Crippen molar-refractivity contribution in [3.05, 3.63) is 52.7 Å². The molecule has 1 heterocycles. The highest BCUT2D eigenvalue weighted by molar-refractivity contribution is 5.86. The number of unbranched alkanes of at least 4 members (excludes halogenated alkanes) is 2. The van der Waals surface area contributed by atoms with Gasteiger partial charge in [-0.15, -0.1) is 0 Å². The first-order chi connectivity index (χ1) is 13.3. The van der Waals surface area contributed by atoms with Gasteiger partial charge in [0.1, 0.15) is 0 Å². The maximum atomic E-state index is 12.0. The van der Waals surface area contributed by atoms with Crippen molar-refractivity contribution < 1.29 is 9.53 Å². The molecule has 1 aromatic heterocycles. The number of esters is 1. The summed E-state index contributed by atoms with van der Waals surface area (Å²) in [6.45, 7) is 11.5. The molecule has 0 saturated carbocycles. The largest absolute Gasteiger partial charge is 0.461 e. The van der Waals surface area contributed by atoms with Gasteiger partial charge in [0.15, 0.2) is 5.69 Å². The standard InChI is InChI=1S/C24H34N2O2/c1-6-7-8-14-28-23(27)22-17-25-20(16-26-22)15-18(2)11-12-21-19(3)10-9-13-24(21,4)5/h11-12,15-17H,6-10,13-14H2,1-5H3/b12-11+,18-15+. The van der Waals surface area contributed by atoms with E-state index >= 15 is 0 Å². The first kappa shape index (κ1) is 22.1. The van der Waals surface area contributed by atoms with Crippen LogP contribution in [0.1, 0.15) is 89.3 Å². The number of hydrogen-bond donors (Lipinski definition) is 0. The van der Waals surface area contributed by atoms with E-state index in [0.29, 0.717) is 6.61 Å². The molecule has 0 amide bonds. The van der Waals surface area contributed by atoms with E-state index in [0.717, 1.165) is 30.5 Å². The molecule has 1 aliphatic carbocycles. The molecule has 4 heteroatoms. The molecule has 0 atom stereocenters. The van der Waals surface area contributed by atoms with Crippen molar-refractivity contribution in [1.29, 1.82) is 0 Å². The van der Waals surface area contributed by atoms with Crippen LogP contribution >= 0.6 is 0 Å². The Labute approximate surface area is 169 Å². The van der Waals surface area contributed by atoms with E-state index in [2.05, 4.69) is 56.7 Å². The molecule has 4 nitrogen and oxygen atoms in total. The molecule has 0 aliphatic heterocycles. The number of allylic oxidation sites excluding steroid dienone is 5. The van der Waals surface area contributed by atoms with Crippen molar-refractivity contribution >= 4 is 12.0 Å². The Balaban J connectivity index is 2.00. The molecule has 0 radical (unpaired) electrons. The lowest BCUT2D eigenvalue weighted by atomic mass is 9.72. The summed E-state index contributed by atoms with van der Waals surface area (Å²) in [6, 6.07) is 0. The molecular weight excluding hydrogens is 348 g/mol. The molecule has 2 rings (SSSR count). The Morgan fingerprint density at radius 3 is 2.68 bits per heavy atom. The minimum absolute atomic E-state index is 0.234. The number of carbonyl (C=O) groups excluding carboxylic acids is 1. The van der Waals surface area contributed by atoms with Gasteiger partial charge >= 0.3 is 5.97 Å². The Bertz CT molecular complexity index is 755. The van der Waals surface area contributed by atoms with Crippen LogP contribution in [0.25, 0.3) is 6.08 Å². The summed E-state index contributed by atoms with van der Waals surface area (Å²) in [5.41, 5.74) is 5.26. The number of rotatable bonds is 8. The second-order valence-corrected chi connectivity index (χ2v) is 8.32. The Kier molecular flexibility index (Phi) is 8.16. The minimum Gasteiger partial charge on any atom is -0.461 e. The first-order valence-corrected chi connectivity index (χ1v) is 10.4.